The Morgan fingerprint density at radius 1 is 1.16 bits per heavy atom. The van der Waals surface area contributed by atoms with Gasteiger partial charge in [0, 0.05) is 19.7 Å². The van der Waals surface area contributed by atoms with Crippen molar-refractivity contribution in [2.24, 2.45) is 5.92 Å². The highest BCUT2D eigenvalue weighted by molar-refractivity contribution is 7.89. The lowest BCUT2D eigenvalue weighted by Crippen LogP contribution is -2.39. The standard InChI is InChI=1S/C14H21NO3S/c1-15(13-9-7-12(11-16)8-10-13)19(17,18)14-5-3-2-4-6-14/h2-6,12-13,16H,7-11H2,1H3. The van der Waals surface area contributed by atoms with Gasteiger partial charge in [-0.3, -0.25) is 0 Å². The van der Waals surface area contributed by atoms with Gasteiger partial charge in [-0.25, -0.2) is 8.42 Å². The van der Waals surface area contributed by atoms with Gasteiger partial charge in [0.1, 0.15) is 0 Å². The predicted octanol–water partition coefficient (Wildman–Crippen LogP) is 1.86. The predicted molar refractivity (Wildman–Crippen MR) is 74.2 cm³/mol. The Bertz CT molecular complexity index is 493. The summed E-state index contributed by atoms with van der Waals surface area (Å²) in [6.07, 6.45) is 3.45. The first-order valence-corrected chi connectivity index (χ1v) is 8.13. The fraction of sp³-hybridized carbons (Fsp3) is 0.571. The van der Waals surface area contributed by atoms with Crippen molar-refractivity contribution in [3.05, 3.63) is 30.3 Å². The molecule has 2 rings (SSSR count). The summed E-state index contributed by atoms with van der Waals surface area (Å²) in [6.45, 7) is 0.210. The third kappa shape index (κ3) is 3.16. The molecule has 0 aromatic heterocycles. The highest BCUT2D eigenvalue weighted by atomic mass is 32.2. The van der Waals surface area contributed by atoms with E-state index in [-0.39, 0.29) is 12.6 Å². The van der Waals surface area contributed by atoms with Crippen molar-refractivity contribution in [3.63, 3.8) is 0 Å². The van der Waals surface area contributed by atoms with Crippen molar-refractivity contribution in [1.29, 1.82) is 0 Å². The van der Waals surface area contributed by atoms with Crippen LogP contribution in [0.4, 0.5) is 0 Å². The molecule has 1 aliphatic rings. The second-order valence-corrected chi connectivity index (χ2v) is 7.19. The normalized spacial score (nSPS) is 24.6. The molecule has 0 spiro atoms. The summed E-state index contributed by atoms with van der Waals surface area (Å²) in [5, 5.41) is 9.12. The summed E-state index contributed by atoms with van der Waals surface area (Å²) in [6, 6.07) is 8.60. The van der Waals surface area contributed by atoms with Gasteiger partial charge in [0.25, 0.3) is 0 Å². The van der Waals surface area contributed by atoms with Crippen LogP contribution in [-0.2, 0) is 10.0 Å². The van der Waals surface area contributed by atoms with Gasteiger partial charge in [0.15, 0.2) is 0 Å². The molecule has 0 radical (unpaired) electrons. The molecule has 1 fully saturated rings. The van der Waals surface area contributed by atoms with Gasteiger partial charge in [-0.15, -0.1) is 0 Å². The van der Waals surface area contributed by atoms with E-state index in [9.17, 15) is 8.42 Å². The molecule has 5 heteroatoms. The molecule has 0 atom stereocenters. The Hall–Kier alpha value is -0.910. The van der Waals surface area contributed by atoms with E-state index < -0.39 is 10.0 Å². The molecule has 1 N–H and O–H groups in total. The number of aliphatic hydroxyl groups excluding tert-OH is 1. The van der Waals surface area contributed by atoms with Crippen molar-refractivity contribution in [3.8, 4) is 0 Å². The third-order valence-corrected chi connectivity index (χ3v) is 5.93. The van der Waals surface area contributed by atoms with Gasteiger partial charge in [-0.2, -0.15) is 4.31 Å². The number of benzene rings is 1. The molecule has 19 heavy (non-hydrogen) atoms. The number of hydrogen-bond acceptors (Lipinski definition) is 3. The van der Waals surface area contributed by atoms with Crippen LogP contribution in [-0.4, -0.2) is 37.5 Å². The maximum atomic E-state index is 12.5. The molecule has 0 amide bonds. The van der Waals surface area contributed by atoms with Crippen LogP contribution in [0, 0.1) is 5.92 Å². The molecule has 1 aliphatic carbocycles. The Balaban J connectivity index is 2.10. The maximum Gasteiger partial charge on any atom is 0.243 e. The van der Waals surface area contributed by atoms with Crippen molar-refractivity contribution in [2.75, 3.05) is 13.7 Å². The zero-order valence-corrected chi connectivity index (χ0v) is 12.0. The van der Waals surface area contributed by atoms with Crippen molar-refractivity contribution in [2.45, 2.75) is 36.6 Å². The molecule has 106 valence electrons. The van der Waals surface area contributed by atoms with Gasteiger partial charge < -0.3 is 5.11 Å². The largest absolute Gasteiger partial charge is 0.396 e. The molecule has 1 saturated carbocycles. The van der Waals surface area contributed by atoms with E-state index in [2.05, 4.69) is 0 Å². The first-order chi connectivity index (χ1) is 9.05. The molecule has 1 aromatic rings. The van der Waals surface area contributed by atoms with E-state index in [1.165, 1.54) is 4.31 Å². The van der Waals surface area contributed by atoms with Crippen LogP contribution in [0.3, 0.4) is 0 Å². The molecule has 0 saturated heterocycles. The quantitative estimate of drug-likeness (QED) is 0.917. The monoisotopic (exact) mass is 283 g/mol. The molecule has 0 bridgehead atoms. The topological polar surface area (TPSA) is 57.6 Å². The van der Waals surface area contributed by atoms with Gasteiger partial charge in [-0.05, 0) is 43.7 Å². The number of rotatable bonds is 4. The number of sulfonamides is 1. The maximum absolute atomic E-state index is 12.5. The van der Waals surface area contributed by atoms with Crippen molar-refractivity contribution >= 4 is 10.0 Å². The zero-order chi connectivity index (χ0) is 13.9. The second kappa shape index (κ2) is 6.03. The molecular weight excluding hydrogens is 262 g/mol. The van der Waals surface area contributed by atoms with Gasteiger partial charge in [0.05, 0.1) is 4.90 Å². The minimum atomic E-state index is -3.39. The van der Waals surface area contributed by atoms with E-state index >= 15 is 0 Å². The van der Waals surface area contributed by atoms with Crippen molar-refractivity contribution in [1.82, 2.24) is 4.31 Å². The fourth-order valence-electron chi connectivity index (χ4n) is 2.65. The smallest absolute Gasteiger partial charge is 0.243 e. The summed E-state index contributed by atoms with van der Waals surface area (Å²) in [5.41, 5.74) is 0. The summed E-state index contributed by atoms with van der Waals surface area (Å²) in [7, 11) is -1.73. The van der Waals surface area contributed by atoms with Crippen molar-refractivity contribution < 1.29 is 13.5 Å². The summed E-state index contributed by atoms with van der Waals surface area (Å²) in [4.78, 5) is 0.349. The zero-order valence-electron chi connectivity index (χ0n) is 11.2. The minimum absolute atomic E-state index is 0.0491. The first kappa shape index (κ1) is 14.5. The SMILES string of the molecule is CN(C1CCC(CO)CC1)S(=O)(=O)c1ccccc1. The minimum Gasteiger partial charge on any atom is -0.396 e. The average molecular weight is 283 g/mol. The third-order valence-electron chi connectivity index (χ3n) is 4.01. The molecular formula is C14H21NO3S. The Morgan fingerprint density at radius 3 is 2.26 bits per heavy atom. The lowest BCUT2D eigenvalue weighted by Gasteiger charge is -2.33. The van der Waals surface area contributed by atoms with Crippen LogP contribution in [0.5, 0.6) is 0 Å². The molecule has 4 nitrogen and oxygen atoms in total. The number of hydrogen-bond donors (Lipinski definition) is 1. The highest BCUT2D eigenvalue weighted by Crippen LogP contribution is 2.29. The Labute approximate surface area is 115 Å². The average Bonchev–Trinajstić information content (AvgIpc) is 2.47. The van der Waals surface area contributed by atoms with Crippen LogP contribution < -0.4 is 0 Å². The van der Waals surface area contributed by atoms with Crippen LogP contribution >= 0.6 is 0 Å². The van der Waals surface area contributed by atoms with Crippen LogP contribution in [0.15, 0.2) is 35.2 Å². The van der Waals surface area contributed by atoms with Gasteiger partial charge in [-0.1, -0.05) is 18.2 Å². The highest BCUT2D eigenvalue weighted by Gasteiger charge is 2.31. The van der Waals surface area contributed by atoms with E-state index in [4.69, 9.17) is 5.11 Å². The van der Waals surface area contributed by atoms with Crippen LogP contribution in [0.25, 0.3) is 0 Å². The van der Waals surface area contributed by atoms with E-state index in [1.54, 1.807) is 31.3 Å². The number of aliphatic hydroxyl groups is 1. The molecule has 1 aromatic carbocycles. The van der Waals surface area contributed by atoms with Crippen LogP contribution in [0.1, 0.15) is 25.7 Å². The summed E-state index contributed by atoms with van der Waals surface area (Å²) < 4.78 is 26.4. The fourth-order valence-corrected chi connectivity index (χ4v) is 4.08. The molecule has 0 heterocycles. The lowest BCUT2D eigenvalue weighted by molar-refractivity contribution is 0.159. The number of nitrogens with zero attached hydrogens (tertiary/aromatic N) is 1. The van der Waals surface area contributed by atoms with E-state index in [1.807, 2.05) is 6.07 Å². The Kier molecular flexibility index (Phi) is 4.60. The summed E-state index contributed by atoms with van der Waals surface area (Å²) >= 11 is 0. The first-order valence-electron chi connectivity index (χ1n) is 6.69. The van der Waals surface area contributed by atoms with E-state index in [0.29, 0.717) is 10.8 Å². The molecule has 0 aliphatic heterocycles. The lowest BCUT2D eigenvalue weighted by atomic mass is 9.87. The van der Waals surface area contributed by atoms with Gasteiger partial charge in [0.2, 0.25) is 10.0 Å². The Morgan fingerprint density at radius 2 is 1.74 bits per heavy atom. The van der Waals surface area contributed by atoms with E-state index in [0.717, 1.165) is 25.7 Å². The molecule has 0 unspecified atom stereocenters. The summed E-state index contributed by atoms with van der Waals surface area (Å²) in [5.74, 6) is 0.337. The second-order valence-electron chi connectivity index (χ2n) is 5.19. The van der Waals surface area contributed by atoms with Gasteiger partial charge >= 0.3 is 0 Å². The van der Waals surface area contributed by atoms with Crippen LogP contribution in [0.2, 0.25) is 0 Å².